The highest BCUT2D eigenvalue weighted by Crippen LogP contribution is 2.39. The minimum absolute atomic E-state index is 0.0527. The first kappa shape index (κ1) is 20.9. The van der Waals surface area contributed by atoms with Crippen LogP contribution in [-0.2, 0) is 21.4 Å². The molecule has 1 aliphatic rings. The van der Waals surface area contributed by atoms with Crippen molar-refractivity contribution in [2.24, 2.45) is 11.8 Å². The molecule has 2 atom stereocenters. The summed E-state index contributed by atoms with van der Waals surface area (Å²) in [5.74, 6) is 0.203. The summed E-state index contributed by atoms with van der Waals surface area (Å²) < 4.78 is 5.33. The van der Waals surface area contributed by atoms with Gasteiger partial charge < -0.3 is 15.4 Å². The Morgan fingerprint density at radius 1 is 1.00 bits per heavy atom. The molecule has 1 aliphatic carbocycles. The van der Waals surface area contributed by atoms with Crippen molar-refractivity contribution in [2.45, 2.75) is 39.0 Å². The lowest BCUT2D eigenvalue weighted by Gasteiger charge is -2.19. The first-order valence-corrected chi connectivity index (χ1v) is 10.1. The number of rotatable bonds is 7. The van der Waals surface area contributed by atoms with Crippen molar-refractivity contribution in [2.75, 3.05) is 19.0 Å². The van der Waals surface area contributed by atoms with Gasteiger partial charge in [0, 0.05) is 12.2 Å². The number of carbonyl (C=O) groups is 2. The van der Waals surface area contributed by atoms with Gasteiger partial charge in [-0.15, -0.1) is 0 Å². The highest BCUT2D eigenvalue weighted by atomic mass is 16.5. The Labute approximate surface area is 172 Å². The van der Waals surface area contributed by atoms with Gasteiger partial charge in [-0.2, -0.15) is 0 Å². The molecule has 2 unspecified atom stereocenters. The second kappa shape index (κ2) is 8.68. The van der Waals surface area contributed by atoms with Crippen LogP contribution in [0.3, 0.4) is 0 Å². The average Bonchev–Trinajstić information content (AvgIpc) is 3.49. The quantitative estimate of drug-likeness (QED) is 0.748. The zero-order valence-electron chi connectivity index (χ0n) is 17.6. The summed E-state index contributed by atoms with van der Waals surface area (Å²) in [5.41, 5.74) is 3.12. The molecule has 0 aromatic heterocycles. The molecule has 0 bridgehead atoms. The van der Waals surface area contributed by atoms with Gasteiger partial charge in [-0.05, 0) is 47.6 Å². The van der Waals surface area contributed by atoms with Crippen molar-refractivity contribution in [1.82, 2.24) is 5.32 Å². The molecule has 29 heavy (non-hydrogen) atoms. The van der Waals surface area contributed by atoms with Crippen LogP contribution >= 0.6 is 0 Å². The predicted molar refractivity (Wildman–Crippen MR) is 115 cm³/mol. The Bertz CT molecular complexity index is 868. The van der Waals surface area contributed by atoms with Gasteiger partial charge in [0.15, 0.2) is 0 Å². The van der Waals surface area contributed by atoms with Crippen LogP contribution < -0.4 is 15.4 Å². The molecule has 2 N–H and O–H groups in total. The van der Waals surface area contributed by atoms with Crippen molar-refractivity contribution in [1.29, 1.82) is 0 Å². The van der Waals surface area contributed by atoms with Crippen LogP contribution in [0.15, 0.2) is 48.5 Å². The molecule has 1 fully saturated rings. The predicted octanol–water partition coefficient (Wildman–Crippen LogP) is 3.93. The van der Waals surface area contributed by atoms with Gasteiger partial charge in [0.25, 0.3) is 0 Å². The van der Waals surface area contributed by atoms with Crippen molar-refractivity contribution < 1.29 is 14.3 Å². The summed E-state index contributed by atoms with van der Waals surface area (Å²) in [7, 11) is 1.64. The Hall–Kier alpha value is -2.82. The number of amides is 2. The number of para-hydroxylation sites is 1. The molecule has 0 spiro atoms. The minimum atomic E-state index is -0.247. The van der Waals surface area contributed by atoms with Crippen molar-refractivity contribution in [3.05, 3.63) is 59.7 Å². The number of benzene rings is 2. The molecule has 154 valence electrons. The van der Waals surface area contributed by atoms with E-state index in [0.717, 1.165) is 17.0 Å². The van der Waals surface area contributed by atoms with Crippen LogP contribution in [0.25, 0.3) is 0 Å². The van der Waals surface area contributed by atoms with Crippen LogP contribution in [0.5, 0.6) is 5.75 Å². The summed E-state index contributed by atoms with van der Waals surface area (Å²) in [6.45, 7) is 6.99. The van der Waals surface area contributed by atoms with E-state index in [0.29, 0.717) is 19.4 Å². The van der Waals surface area contributed by atoms with Crippen LogP contribution in [0.4, 0.5) is 5.69 Å². The van der Waals surface area contributed by atoms with Gasteiger partial charge in [0.05, 0.1) is 18.9 Å². The highest BCUT2D eigenvalue weighted by molar-refractivity contribution is 5.99. The molecule has 0 aliphatic heterocycles. The van der Waals surface area contributed by atoms with E-state index in [1.807, 2.05) is 48.5 Å². The Balaban J connectivity index is 1.45. The molecule has 2 amide bonds. The molecule has 1 saturated carbocycles. The average molecular weight is 395 g/mol. The maximum Gasteiger partial charge on any atom is 0.228 e. The van der Waals surface area contributed by atoms with Crippen molar-refractivity contribution >= 4 is 17.5 Å². The fraction of sp³-hybridized carbons (Fsp3) is 0.417. The third kappa shape index (κ3) is 5.37. The zero-order valence-corrected chi connectivity index (χ0v) is 17.6. The summed E-state index contributed by atoms with van der Waals surface area (Å²) in [5, 5.41) is 5.87. The molecule has 2 aromatic rings. The van der Waals surface area contributed by atoms with E-state index < -0.39 is 0 Å². The Morgan fingerprint density at radius 2 is 1.66 bits per heavy atom. The number of hydrogen-bond donors (Lipinski definition) is 2. The van der Waals surface area contributed by atoms with Gasteiger partial charge in [-0.25, -0.2) is 0 Å². The lowest BCUT2D eigenvalue weighted by atomic mass is 9.87. The lowest BCUT2D eigenvalue weighted by Crippen LogP contribution is -2.29. The fourth-order valence-electron chi connectivity index (χ4n) is 3.42. The first-order chi connectivity index (χ1) is 13.8. The SMILES string of the molecule is COc1ccccc1CCNC(=O)C1CC1C(=O)Nc1ccc(C(C)(C)C)cc1. The first-order valence-electron chi connectivity index (χ1n) is 10.1. The molecule has 2 aromatic carbocycles. The molecule has 3 rings (SSSR count). The van der Waals surface area contributed by atoms with E-state index >= 15 is 0 Å². The van der Waals surface area contributed by atoms with Crippen LogP contribution in [0, 0.1) is 11.8 Å². The summed E-state index contributed by atoms with van der Waals surface area (Å²) >= 11 is 0. The summed E-state index contributed by atoms with van der Waals surface area (Å²) in [4.78, 5) is 24.8. The van der Waals surface area contributed by atoms with E-state index in [4.69, 9.17) is 4.74 Å². The van der Waals surface area contributed by atoms with Gasteiger partial charge in [-0.3, -0.25) is 9.59 Å². The second-order valence-electron chi connectivity index (χ2n) is 8.62. The second-order valence-corrected chi connectivity index (χ2v) is 8.62. The number of ether oxygens (including phenoxy) is 1. The van der Waals surface area contributed by atoms with Crippen molar-refractivity contribution in [3.63, 3.8) is 0 Å². The van der Waals surface area contributed by atoms with E-state index in [-0.39, 0.29) is 29.1 Å². The van der Waals surface area contributed by atoms with Gasteiger partial charge >= 0.3 is 0 Å². The normalized spacial score (nSPS) is 18.1. The van der Waals surface area contributed by atoms with E-state index in [1.165, 1.54) is 5.56 Å². The highest BCUT2D eigenvalue weighted by Gasteiger charge is 2.47. The fourth-order valence-corrected chi connectivity index (χ4v) is 3.42. The molecule has 5 nitrogen and oxygen atoms in total. The largest absolute Gasteiger partial charge is 0.496 e. The third-order valence-corrected chi connectivity index (χ3v) is 5.37. The zero-order chi connectivity index (χ0) is 21.0. The smallest absolute Gasteiger partial charge is 0.228 e. The monoisotopic (exact) mass is 394 g/mol. The van der Waals surface area contributed by atoms with Crippen LogP contribution in [-0.4, -0.2) is 25.5 Å². The van der Waals surface area contributed by atoms with Gasteiger partial charge in [0.1, 0.15) is 5.75 Å². The standard InChI is InChI=1S/C24H30N2O3/c1-24(2,3)17-9-11-18(12-10-17)26-23(28)20-15-19(20)22(27)25-14-13-16-7-5-6-8-21(16)29-4/h5-12,19-20H,13-15H2,1-4H3,(H,25,27)(H,26,28). The molecular weight excluding hydrogens is 364 g/mol. The Morgan fingerprint density at radius 3 is 2.31 bits per heavy atom. The molecule has 0 saturated heterocycles. The van der Waals surface area contributed by atoms with Crippen LogP contribution in [0.1, 0.15) is 38.3 Å². The number of hydrogen-bond acceptors (Lipinski definition) is 3. The number of carbonyl (C=O) groups excluding carboxylic acids is 2. The van der Waals surface area contributed by atoms with Crippen molar-refractivity contribution in [3.8, 4) is 5.75 Å². The Kier molecular flexibility index (Phi) is 6.26. The topological polar surface area (TPSA) is 67.4 Å². The maximum atomic E-state index is 12.4. The summed E-state index contributed by atoms with van der Waals surface area (Å²) in [6, 6.07) is 15.7. The third-order valence-electron chi connectivity index (χ3n) is 5.37. The molecular formula is C24H30N2O3. The van der Waals surface area contributed by atoms with Gasteiger partial charge in [-0.1, -0.05) is 51.1 Å². The number of methoxy groups -OCH3 is 1. The number of nitrogens with one attached hydrogen (secondary N) is 2. The minimum Gasteiger partial charge on any atom is -0.496 e. The van der Waals surface area contributed by atoms with Crippen LogP contribution in [0.2, 0.25) is 0 Å². The van der Waals surface area contributed by atoms with E-state index in [1.54, 1.807) is 7.11 Å². The summed E-state index contributed by atoms with van der Waals surface area (Å²) in [6.07, 6.45) is 1.30. The molecule has 0 radical (unpaired) electrons. The van der Waals surface area contributed by atoms with E-state index in [2.05, 4.69) is 31.4 Å². The van der Waals surface area contributed by atoms with E-state index in [9.17, 15) is 9.59 Å². The maximum absolute atomic E-state index is 12.4. The van der Waals surface area contributed by atoms with Gasteiger partial charge in [0.2, 0.25) is 11.8 Å². The number of anilines is 1. The molecule has 5 heteroatoms. The molecule has 0 heterocycles. The lowest BCUT2D eigenvalue weighted by molar-refractivity contribution is -0.125.